The molecule has 5 heteroatoms. The van der Waals surface area contributed by atoms with Crippen LogP contribution in [0.3, 0.4) is 0 Å². The van der Waals surface area contributed by atoms with Crippen LogP contribution in [0.15, 0.2) is 18.2 Å². The highest BCUT2D eigenvalue weighted by Gasteiger charge is 2.07. The van der Waals surface area contributed by atoms with Crippen molar-refractivity contribution in [3.63, 3.8) is 0 Å². The zero-order valence-corrected chi connectivity index (χ0v) is 10.9. The number of benzene rings is 1. The Morgan fingerprint density at radius 2 is 2.06 bits per heavy atom. The average Bonchev–Trinajstić information content (AvgIpc) is 2.37. The Bertz CT molecular complexity index is 394. The molecule has 0 spiro atoms. The fourth-order valence-corrected chi connectivity index (χ4v) is 1.55. The number of methoxy groups -OCH3 is 2. The minimum Gasteiger partial charge on any atom is -0.497 e. The second-order valence-electron chi connectivity index (χ2n) is 3.95. The molecule has 0 heterocycles. The van der Waals surface area contributed by atoms with Crippen LogP contribution in [0.2, 0.25) is 0 Å². The van der Waals surface area contributed by atoms with Gasteiger partial charge in [0.05, 0.1) is 7.11 Å². The summed E-state index contributed by atoms with van der Waals surface area (Å²) in [5.41, 5.74) is 6.72. The minimum atomic E-state index is -0.141. The van der Waals surface area contributed by atoms with E-state index in [1.54, 1.807) is 32.4 Å². The molecule has 0 aromatic heterocycles. The second kappa shape index (κ2) is 7.55. The van der Waals surface area contributed by atoms with Gasteiger partial charge in [0.1, 0.15) is 5.75 Å². The standard InChI is InChI=1S/C13H20N2O3/c1-17-6-4-3-5-15-13(16)10-7-11(14)9-12(8-10)18-2/h7-9H,3-6,14H2,1-2H3,(H,15,16). The first kappa shape index (κ1) is 14.3. The molecule has 3 N–H and O–H groups in total. The quantitative estimate of drug-likeness (QED) is 0.569. The first-order valence-corrected chi connectivity index (χ1v) is 5.89. The predicted molar refractivity (Wildman–Crippen MR) is 70.8 cm³/mol. The number of ether oxygens (including phenoxy) is 2. The Hall–Kier alpha value is -1.75. The van der Waals surface area contributed by atoms with Crippen LogP contribution in [0.1, 0.15) is 23.2 Å². The summed E-state index contributed by atoms with van der Waals surface area (Å²) in [5, 5.41) is 2.83. The molecule has 18 heavy (non-hydrogen) atoms. The third kappa shape index (κ3) is 4.63. The number of nitrogens with two attached hydrogens (primary N) is 1. The third-order valence-electron chi connectivity index (χ3n) is 2.49. The molecule has 0 aliphatic carbocycles. The zero-order valence-electron chi connectivity index (χ0n) is 10.9. The Kier molecular flexibility index (Phi) is 6.00. The van der Waals surface area contributed by atoms with Crippen LogP contribution >= 0.6 is 0 Å². The van der Waals surface area contributed by atoms with E-state index in [-0.39, 0.29) is 5.91 Å². The Morgan fingerprint density at radius 3 is 2.72 bits per heavy atom. The molecular formula is C13H20N2O3. The van der Waals surface area contributed by atoms with Gasteiger partial charge in [0.15, 0.2) is 0 Å². The first-order valence-electron chi connectivity index (χ1n) is 5.89. The highest BCUT2D eigenvalue weighted by molar-refractivity contribution is 5.95. The van der Waals surface area contributed by atoms with E-state index in [1.807, 2.05) is 0 Å². The van der Waals surface area contributed by atoms with E-state index in [0.29, 0.717) is 30.2 Å². The van der Waals surface area contributed by atoms with E-state index < -0.39 is 0 Å². The van der Waals surface area contributed by atoms with E-state index in [9.17, 15) is 4.79 Å². The molecule has 0 atom stereocenters. The number of hydrogen-bond donors (Lipinski definition) is 2. The number of anilines is 1. The van der Waals surface area contributed by atoms with Crippen molar-refractivity contribution in [2.75, 3.05) is 33.1 Å². The van der Waals surface area contributed by atoms with Crippen molar-refractivity contribution in [1.82, 2.24) is 5.32 Å². The van der Waals surface area contributed by atoms with Gasteiger partial charge >= 0.3 is 0 Å². The maximum absolute atomic E-state index is 11.8. The molecule has 0 aliphatic heterocycles. The summed E-state index contributed by atoms with van der Waals surface area (Å²) >= 11 is 0. The van der Waals surface area contributed by atoms with Gasteiger partial charge in [0.2, 0.25) is 0 Å². The van der Waals surface area contributed by atoms with E-state index in [1.165, 1.54) is 0 Å². The Balaban J connectivity index is 2.48. The highest BCUT2D eigenvalue weighted by Crippen LogP contribution is 2.18. The van der Waals surface area contributed by atoms with Crippen LogP contribution < -0.4 is 15.8 Å². The van der Waals surface area contributed by atoms with Gasteiger partial charge in [-0.2, -0.15) is 0 Å². The fourth-order valence-electron chi connectivity index (χ4n) is 1.55. The molecule has 1 aromatic carbocycles. The number of rotatable bonds is 7. The van der Waals surface area contributed by atoms with Crippen molar-refractivity contribution >= 4 is 11.6 Å². The number of carbonyl (C=O) groups is 1. The summed E-state index contributed by atoms with van der Waals surface area (Å²) in [6.45, 7) is 1.33. The van der Waals surface area contributed by atoms with Crippen molar-refractivity contribution in [2.45, 2.75) is 12.8 Å². The molecule has 0 bridgehead atoms. The zero-order chi connectivity index (χ0) is 13.4. The van der Waals surface area contributed by atoms with Crippen molar-refractivity contribution in [1.29, 1.82) is 0 Å². The molecule has 1 rings (SSSR count). The molecule has 1 aromatic rings. The lowest BCUT2D eigenvalue weighted by atomic mass is 10.1. The molecule has 100 valence electrons. The lowest BCUT2D eigenvalue weighted by Gasteiger charge is -2.08. The lowest BCUT2D eigenvalue weighted by molar-refractivity contribution is 0.0951. The largest absolute Gasteiger partial charge is 0.497 e. The summed E-state index contributed by atoms with van der Waals surface area (Å²) < 4.78 is 10.0. The fraction of sp³-hybridized carbons (Fsp3) is 0.462. The van der Waals surface area contributed by atoms with E-state index in [4.69, 9.17) is 15.2 Å². The third-order valence-corrected chi connectivity index (χ3v) is 2.49. The van der Waals surface area contributed by atoms with Gasteiger partial charge in [0, 0.05) is 37.6 Å². The van der Waals surface area contributed by atoms with Gasteiger partial charge in [-0.25, -0.2) is 0 Å². The van der Waals surface area contributed by atoms with Crippen molar-refractivity contribution in [3.05, 3.63) is 23.8 Å². The number of unbranched alkanes of at least 4 members (excludes halogenated alkanes) is 1. The van der Waals surface area contributed by atoms with Crippen molar-refractivity contribution < 1.29 is 14.3 Å². The van der Waals surface area contributed by atoms with Gasteiger partial charge in [-0.05, 0) is 25.0 Å². The number of nitrogens with one attached hydrogen (secondary N) is 1. The molecule has 0 saturated heterocycles. The molecule has 0 fully saturated rings. The monoisotopic (exact) mass is 252 g/mol. The van der Waals surface area contributed by atoms with Gasteiger partial charge in [-0.1, -0.05) is 0 Å². The van der Waals surface area contributed by atoms with Gasteiger partial charge in [-0.15, -0.1) is 0 Å². The highest BCUT2D eigenvalue weighted by atomic mass is 16.5. The first-order chi connectivity index (χ1) is 8.67. The van der Waals surface area contributed by atoms with Crippen molar-refractivity contribution in [2.24, 2.45) is 0 Å². The molecule has 5 nitrogen and oxygen atoms in total. The van der Waals surface area contributed by atoms with E-state index in [2.05, 4.69) is 5.32 Å². The maximum atomic E-state index is 11.8. The van der Waals surface area contributed by atoms with Gasteiger partial charge < -0.3 is 20.5 Å². The summed E-state index contributed by atoms with van der Waals surface area (Å²) in [5.74, 6) is 0.442. The number of nitrogen functional groups attached to an aromatic ring is 1. The van der Waals surface area contributed by atoms with Crippen LogP contribution in [-0.2, 0) is 4.74 Å². The van der Waals surface area contributed by atoms with Crippen LogP contribution in [0.4, 0.5) is 5.69 Å². The van der Waals surface area contributed by atoms with Gasteiger partial charge in [0.25, 0.3) is 5.91 Å². The van der Waals surface area contributed by atoms with Crippen LogP contribution in [0.25, 0.3) is 0 Å². The lowest BCUT2D eigenvalue weighted by Crippen LogP contribution is -2.24. The molecular weight excluding hydrogens is 232 g/mol. The molecule has 0 aliphatic rings. The van der Waals surface area contributed by atoms with E-state index >= 15 is 0 Å². The van der Waals surface area contributed by atoms with Crippen LogP contribution in [-0.4, -0.2) is 33.3 Å². The predicted octanol–water partition coefficient (Wildman–Crippen LogP) is 1.43. The SMILES string of the molecule is COCCCCNC(=O)c1cc(N)cc(OC)c1. The van der Waals surface area contributed by atoms with E-state index in [0.717, 1.165) is 12.8 Å². The second-order valence-corrected chi connectivity index (χ2v) is 3.95. The average molecular weight is 252 g/mol. The summed E-state index contributed by atoms with van der Waals surface area (Å²) in [6.07, 6.45) is 1.82. The summed E-state index contributed by atoms with van der Waals surface area (Å²) in [7, 11) is 3.21. The number of carbonyl (C=O) groups excluding carboxylic acids is 1. The molecule has 0 radical (unpaired) electrons. The van der Waals surface area contributed by atoms with Crippen LogP contribution in [0, 0.1) is 0 Å². The number of hydrogen-bond acceptors (Lipinski definition) is 4. The normalized spacial score (nSPS) is 10.1. The summed E-state index contributed by atoms with van der Waals surface area (Å²) in [4.78, 5) is 11.8. The molecule has 0 saturated carbocycles. The van der Waals surface area contributed by atoms with Crippen LogP contribution in [0.5, 0.6) is 5.75 Å². The maximum Gasteiger partial charge on any atom is 0.251 e. The topological polar surface area (TPSA) is 73.6 Å². The Labute approximate surface area is 107 Å². The molecule has 0 unspecified atom stereocenters. The smallest absolute Gasteiger partial charge is 0.251 e. The Morgan fingerprint density at radius 1 is 1.28 bits per heavy atom. The minimum absolute atomic E-state index is 0.141. The molecule has 1 amide bonds. The van der Waals surface area contributed by atoms with Gasteiger partial charge in [-0.3, -0.25) is 4.79 Å². The summed E-state index contributed by atoms with van der Waals surface area (Å²) in [6, 6.07) is 4.98. The van der Waals surface area contributed by atoms with Crippen molar-refractivity contribution in [3.8, 4) is 5.75 Å². The number of amides is 1.